The van der Waals surface area contributed by atoms with Crippen LogP contribution in [0.2, 0.25) is 0 Å². The van der Waals surface area contributed by atoms with E-state index < -0.39 is 5.92 Å². The van der Waals surface area contributed by atoms with Crippen molar-refractivity contribution in [1.82, 2.24) is 4.90 Å². The molecule has 13 heavy (non-hydrogen) atoms. The lowest BCUT2D eigenvalue weighted by Crippen LogP contribution is -2.35. The number of nitrogens with zero attached hydrogens (tertiary/aromatic N) is 1. The van der Waals surface area contributed by atoms with E-state index in [1.54, 1.807) is 4.90 Å². The lowest BCUT2D eigenvalue weighted by Gasteiger charge is -2.21. The summed E-state index contributed by atoms with van der Waals surface area (Å²) in [4.78, 5) is 1.57. The molecule has 0 aromatic heterocycles. The molecule has 1 saturated heterocycles. The first-order chi connectivity index (χ1) is 6.09. The lowest BCUT2D eigenvalue weighted by molar-refractivity contribution is 0.0107. The first-order valence-corrected chi connectivity index (χ1v) is 4.31. The summed E-state index contributed by atoms with van der Waals surface area (Å²) in [6.45, 7) is 0.247. The highest BCUT2D eigenvalue weighted by Gasteiger charge is 2.44. The van der Waals surface area contributed by atoms with Crippen molar-refractivity contribution in [1.29, 1.82) is 0 Å². The predicted octanol–water partition coefficient (Wildman–Crippen LogP) is 0.335. The number of halogens is 2. The van der Waals surface area contributed by atoms with Gasteiger partial charge in [0.1, 0.15) is 0 Å². The Labute approximate surface area is 76.3 Å². The van der Waals surface area contributed by atoms with Crippen molar-refractivity contribution in [3.63, 3.8) is 0 Å². The molecule has 0 aromatic rings. The van der Waals surface area contributed by atoms with E-state index in [4.69, 9.17) is 9.84 Å². The first kappa shape index (κ1) is 10.8. The van der Waals surface area contributed by atoms with Gasteiger partial charge in [0, 0.05) is 26.1 Å². The molecule has 0 aromatic carbocycles. The molecule has 1 fully saturated rings. The molecule has 78 valence electrons. The van der Waals surface area contributed by atoms with Gasteiger partial charge >= 0.3 is 0 Å². The van der Waals surface area contributed by atoms with Crippen LogP contribution in [0.1, 0.15) is 6.42 Å². The van der Waals surface area contributed by atoms with Gasteiger partial charge in [-0.25, -0.2) is 8.78 Å². The highest BCUT2D eigenvalue weighted by molar-refractivity contribution is 4.90. The standard InChI is InChI=1S/C8H15F2NO2/c1-13-5-7-4-8(9,10)6-11(7)2-3-12/h7,12H,2-6H2,1H3/t7-/m0/s1. The Bertz CT molecular complexity index is 150. The van der Waals surface area contributed by atoms with Crippen LogP contribution < -0.4 is 0 Å². The second-order valence-corrected chi connectivity index (χ2v) is 3.36. The van der Waals surface area contributed by atoms with E-state index in [0.717, 1.165) is 0 Å². The molecular weight excluding hydrogens is 180 g/mol. The van der Waals surface area contributed by atoms with Crippen LogP contribution in [-0.4, -0.2) is 55.4 Å². The number of alkyl halides is 2. The molecule has 0 aliphatic carbocycles. The van der Waals surface area contributed by atoms with Crippen LogP contribution in [0.3, 0.4) is 0 Å². The average molecular weight is 195 g/mol. The number of methoxy groups -OCH3 is 1. The van der Waals surface area contributed by atoms with E-state index in [-0.39, 0.29) is 25.6 Å². The zero-order valence-corrected chi connectivity index (χ0v) is 7.67. The fourth-order valence-electron chi connectivity index (χ4n) is 1.71. The summed E-state index contributed by atoms with van der Waals surface area (Å²) in [7, 11) is 1.49. The smallest absolute Gasteiger partial charge is 0.262 e. The number of ether oxygens (including phenoxy) is 1. The van der Waals surface area contributed by atoms with Crippen molar-refractivity contribution in [2.45, 2.75) is 18.4 Å². The number of hydrogen-bond donors (Lipinski definition) is 1. The average Bonchev–Trinajstić information content (AvgIpc) is 2.28. The highest BCUT2D eigenvalue weighted by Crippen LogP contribution is 2.31. The SMILES string of the molecule is COC[C@@H]1CC(F)(F)CN1CCO. The van der Waals surface area contributed by atoms with Crippen molar-refractivity contribution in [2.75, 3.05) is 33.4 Å². The summed E-state index contributed by atoms with van der Waals surface area (Å²) in [6.07, 6.45) is -0.166. The summed E-state index contributed by atoms with van der Waals surface area (Å²) in [5, 5.41) is 8.66. The molecule has 0 spiro atoms. The Morgan fingerprint density at radius 2 is 2.31 bits per heavy atom. The van der Waals surface area contributed by atoms with Crippen molar-refractivity contribution < 1.29 is 18.6 Å². The van der Waals surface area contributed by atoms with Gasteiger partial charge in [0.15, 0.2) is 0 Å². The maximum Gasteiger partial charge on any atom is 0.262 e. The molecule has 1 atom stereocenters. The third-order valence-electron chi connectivity index (χ3n) is 2.23. The van der Waals surface area contributed by atoms with Gasteiger partial charge < -0.3 is 9.84 Å². The molecule has 5 heteroatoms. The molecule has 0 saturated carbocycles. The van der Waals surface area contributed by atoms with E-state index >= 15 is 0 Å². The van der Waals surface area contributed by atoms with E-state index in [0.29, 0.717) is 13.2 Å². The predicted molar refractivity (Wildman–Crippen MR) is 43.9 cm³/mol. The van der Waals surface area contributed by atoms with Crippen LogP contribution in [-0.2, 0) is 4.74 Å². The highest BCUT2D eigenvalue weighted by atomic mass is 19.3. The zero-order valence-electron chi connectivity index (χ0n) is 7.67. The normalized spacial score (nSPS) is 28.2. The van der Waals surface area contributed by atoms with Gasteiger partial charge in [0.2, 0.25) is 0 Å². The number of likely N-dealkylation sites (tertiary alicyclic amines) is 1. The number of β-amino-alcohol motifs (C(OH)–C–C–N with tert-alkyl or cyclic N) is 1. The summed E-state index contributed by atoms with van der Waals surface area (Å²) in [6, 6.07) is -0.257. The molecule has 1 rings (SSSR count). The van der Waals surface area contributed by atoms with Gasteiger partial charge in [0.25, 0.3) is 5.92 Å². The van der Waals surface area contributed by atoms with E-state index in [1.807, 2.05) is 0 Å². The van der Waals surface area contributed by atoms with Crippen LogP contribution in [0, 0.1) is 0 Å². The van der Waals surface area contributed by atoms with Gasteiger partial charge in [0.05, 0.1) is 19.8 Å². The Morgan fingerprint density at radius 3 is 2.85 bits per heavy atom. The lowest BCUT2D eigenvalue weighted by atomic mass is 10.2. The monoisotopic (exact) mass is 195 g/mol. The van der Waals surface area contributed by atoms with Crippen LogP contribution in [0.15, 0.2) is 0 Å². The van der Waals surface area contributed by atoms with Crippen LogP contribution in [0.4, 0.5) is 8.78 Å². The van der Waals surface area contributed by atoms with E-state index in [2.05, 4.69) is 0 Å². The third kappa shape index (κ3) is 2.86. The van der Waals surface area contributed by atoms with Crippen molar-refractivity contribution in [2.24, 2.45) is 0 Å². The van der Waals surface area contributed by atoms with Gasteiger partial charge in [-0.3, -0.25) is 4.90 Å². The minimum absolute atomic E-state index is 0.0870. The molecule has 0 bridgehead atoms. The second kappa shape index (κ2) is 4.30. The van der Waals surface area contributed by atoms with Crippen molar-refractivity contribution in [3.8, 4) is 0 Å². The van der Waals surface area contributed by atoms with Gasteiger partial charge in [-0.1, -0.05) is 0 Å². The first-order valence-electron chi connectivity index (χ1n) is 4.31. The Morgan fingerprint density at radius 1 is 1.62 bits per heavy atom. The van der Waals surface area contributed by atoms with Crippen molar-refractivity contribution in [3.05, 3.63) is 0 Å². The van der Waals surface area contributed by atoms with Crippen LogP contribution in [0.25, 0.3) is 0 Å². The zero-order chi connectivity index (χ0) is 9.90. The number of hydrogen-bond acceptors (Lipinski definition) is 3. The fourth-order valence-corrected chi connectivity index (χ4v) is 1.71. The van der Waals surface area contributed by atoms with Crippen LogP contribution in [0.5, 0.6) is 0 Å². The Hall–Kier alpha value is -0.260. The second-order valence-electron chi connectivity index (χ2n) is 3.36. The number of rotatable bonds is 4. The quantitative estimate of drug-likeness (QED) is 0.702. The minimum atomic E-state index is -2.63. The molecular formula is C8H15F2NO2. The molecule has 0 amide bonds. The van der Waals surface area contributed by atoms with Gasteiger partial charge in [-0.2, -0.15) is 0 Å². The number of aliphatic hydroxyl groups excluding tert-OH is 1. The number of aliphatic hydroxyl groups is 1. The summed E-state index contributed by atoms with van der Waals surface area (Å²) in [5.74, 6) is -2.63. The molecule has 1 N–H and O–H groups in total. The van der Waals surface area contributed by atoms with Gasteiger partial charge in [-0.15, -0.1) is 0 Å². The Balaban J connectivity index is 2.49. The minimum Gasteiger partial charge on any atom is -0.395 e. The molecule has 1 aliphatic heterocycles. The van der Waals surface area contributed by atoms with E-state index in [9.17, 15) is 8.78 Å². The Kier molecular flexibility index (Phi) is 3.58. The summed E-state index contributed by atoms with van der Waals surface area (Å²) >= 11 is 0. The summed E-state index contributed by atoms with van der Waals surface area (Å²) < 4.78 is 30.7. The fraction of sp³-hybridized carbons (Fsp3) is 1.00. The maximum absolute atomic E-state index is 12.9. The van der Waals surface area contributed by atoms with E-state index in [1.165, 1.54) is 7.11 Å². The third-order valence-corrected chi connectivity index (χ3v) is 2.23. The molecule has 3 nitrogen and oxygen atoms in total. The molecule has 1 heterocycles. The van der Waals surface area contributed by atoms with Gasteiger partial charge in [-0.05, 0) is 0 Å². The molecule has 1 aliphatic rings. The maximum atomic E-state index is 12.9. The molecule has 0 unspecified atom stereocenters. The molecule has 0 radical (unpaired) electrons. The summed E-state index contributed by atoms with van der Waals surface area (Å²) in [5.41, 5.74) is 0. The largest absolute Gasteiger partial charge is 0.395 e. The topological polar surface area (TPSA) is 32.7 Å². The van der Waals surface area contributed by atoms with Crippen molar-refractivity contribution >= 4 is 0 Å². The van der Waals surface area contributed by atoms with Crippen LogP contribution >= 0.6 is 0 Å².